The van der Waals surface area contributed by atoms with Crippen LogP contribution in [0.1, 0.15) is 11.5 Å². The molecule has 0 unspecified atom stereocenters. The summed E-state index contributed by atoms with van der Waals surface area (Å²) in [5, 5.41) is 0. The molecule has 2 N–H and O–H groups in total. The van der Waals surface area contributed by atoms with Crippen molar-refractivity contribution >= 4 is 27.3 Å². The Bertz CT molecular complexity index is 340. The SMILES string of the molecule is Cc1oc(C2=NC2)c(N)c1Br. The monoisotopic (exact) mass is 214 g/mol. The Labute approximate surface area is 72.4 Å². The first-order chi connectivity index (χ1) is 5.20. The minimum Gasteiger partial charge on any atom is -0.457 e. The van der Waals surface area contributed by atoms with Crippen LogP contribution in [0.2, 0.25) is 0 Å². The smallest absolute Gasteiger partial charge is 0.174 e. The molecule has 4 heteroatoms. The zero-order valence-electron chi connectivity index (χ0n) is 6.02. The Morgan fingerprint density at radius 2 is 2.27 bits per heavy atom. The number of nitrogens with two attached hydrogens (primary N) is 1. The van der Waals surface area contributed by atoms with Crippen molar-refractivity contribution in [2.45, 2.75) is 6.92 Å². The van der Waals surface area contributed by atoms with Crippen LogP contribution in [-0.4, -0.2) is 12.3 Å². The van der Waals surface area contributed by atoms with Crippen LogP contribution < -0.4 is 5.73 Å². The van der Waals surface area contributed by atoms with Gasteiger partial charge in [-0.3, -0.25) is 4.99 Å². The third-order valence-corrected chi connectivity index (χ3v) is 2.61. The van der Waals surface area contributed by atoms with Crippen LogP contribution in [0, 0.1) is 6.92 Å². The molecular formula is C7H7BrN2O. The van der Waals surface area contributed by atoms with Gasteiger partial charge in [0.15, 0.2) is 5.76 Å². The largest absolute Gasteiger partial charge is 0.457 e. The van der Waals surface area contributed by atoms with Crippen LogP contribution in [0.5, 0.6) is 0 Å². The zero-order chi connectivity index (χ0) is 8.01. The average molecular weight is 215 g/mol. The maximum Gasteiger partial charge on any atom is 0.174 e. The van der Waals surface area contributed by atoms with Gasteiger partial charge in [-0.1, -0.05) is 0 Å². The van der Waals surface area contributed by atoms with Crippen molar-refractivity contribution in [3.8, 4) is 0 Å². The van der Waals surface area contributed by atoms with Gasteiger partial charge in [-0.2, -0.15) is 0 Å². The summed E-state index contributed by atoms with van der Waals surface area (Å²) >= 11 is 3.32. The van der Waals surface area contributed by atoms with Crippen molar-refractivity contribution < 1.29 is 4.42 Å². The first-order valence-electron chi connectivity index (χ1n) is 3.28. The van der Waals surface area contributed by atoms with Gasteiger partial charge in [0, 0.05) is 0 Å². The lowest BCUT2D eigenvalue weighted by Gasteiger charge is -1.86. The lowest BCUT2D eigenvalue weighted by molar-refractivity contribution is 0.526. The van der Waals surface area contributed by atoms with E-state index >= 15 is 0 Å². The van der Waals surface area contributed by atoms with Crippen LogP contribution in [-0.2, 0) is 0 Å². The highest BCUT2D eigenvalue weighted by Crippen LogP contribution is 2.32. The second-order valence-corrected chi connectivity index (χ2v) is 3.27. The summed E-state index contributed by atoms with van der Waals surface area (Å²) in [5.74, 6) is 1.54. The fraction of sp³-hybridized carbons (Fsp3) is 0.286. The molecule has 1 aromatic rings. The van der Waals surface area contributed by atoms with Crippen LogP contribution in [0.15, 0.2) is 13.9 Å². The maximum absolute atomic E-state index is 5.72. The summed E-state index contributed by atoms with van der Waals surface area (Å²) in [7, 11) is 0. The van der Waals surface area contributed by atoms with Gasteiger partial charge in [0.1, 0.15) is 11.5 Å². The molecule has 2 rings (SSSR count). The first-order valence-corrected chi connectivity index (χ1v) is 4.07. The van der Waals surface area contributed by atoms with Crippen molar-refractivity contribution in [1.29, 1.82) is 0 Å². The number of anilines is 1. The highest BCUT2D eigenvalue weighted by Gasteiger charge is 2.22. The van der Waals surface area contributed by atoms with Crippen LogP contribution in [0.25, 0.3) is 0 Å². The molecule has 0 amide bonds. The predicted molar refractivity (Wildman–Crippen MR) is 47.0 cm³/mol. The molecule has 2 heterocycles. The molecule has 1 aliphatic rings. The van der Waals surface area contributed by atoms with Crippen molar-refractivity contribution in [3.05, 3.63) is 16.0 Å². The van der Waals surface area contributed by atoms with E-state index in [1.54, 1.807) is 0 Å². The van der Waals surface area contributed by atoms with Gasteiger partial charge in [0.05, 0.1) is 16.7 Å². The Hall–Kier alpha value is -0.770. The molecule has 0 aromatic carbocycles. The lowest BCUT2D eigenvalue weighted by atomic mass is 10.3. The first kappa shape index (κ1) is 6.91. The molecule has 0 aliphatic carbocycles. The second kappa shape index (κ2) is 2.11. The fourth-order valence-corrected chi connectivity index (χ4v) is 1.20. The summed E-state index contributed by atoms with van der Waals surface area (Å²) in [6, 6.07) is 0. The van der Waals surface area contributed by atoms with E-state index in [0.29, 0.717) is 5.69 Å². The maximum atomic E-state index is 5.72. The molecule has 1 aromatic heterocycles. The van der Waals surface area contributed by atoms with Crippen LogP contribution >= 0.6 is 15.9 Å². The number of aliphatic imine (C=N–C) groups is 1. The van der Waals surface area contributed by atoms with Crippen molar-refractivity contribution in [2.75, 3.05) is 12.3 Å². The van der Waals surface area contributed by atoms with Crippen LogP contribution in [0.3, 0.4) is 0 Å². The Kier molecular flexibility index (Phi) is 1.32. The fourth-order valence-electron chi connectivity index (χ4n) is 0.940. The van der Waals surface area contributed by atoms with E-state index in [2.05, 4.69) is 20.9 Å². The zero-order valence-corrected chi connectivity index (χ0v) is 7.60. The number of aryl methyl sites for hydroxylation is 1. The normalized spacial score (nSPS) is 14.9. The quantitative estimate of drug-likeness (QED) is 0.775. The molecule has 0 spiro atoms. The van der Waals surface area contributed by atoms with E-state index in [9.17, 15) is 0 Å². The Morgan fingerprint density at radius 3 is 2.64 bits per heavy atom. The third kappa shape index (κ3) is 0.976. The molecule has 11 heavy (non-hydrogen) atoms. The van der Waals surface area contributed by atoms with Gasteiger partial charge in [0.25, 0.3) is 0 Å². The van der Waals surface area contributed by atoms with Gasteiger partial charge < -0.3 is 10.2 Å². The van der Waals surface area contributed by atoms with E-state index in [4.69, 9.17) is 10.2 Å². The molecular weight excluding hydrogens is 208 g/mol. The summed E-state index contributed by atoms with van der Waals surface area (Å²) in [6.07, 6.45) is 0. The van der Waals surface area contributed by atoms with E-state index in [0.717, 1.165) is 28.2 Å². The number of nitrogen functional groups attached to an aromatic ring is 1. The van der Waals surface area contributed by atoms with E-state index in [1.165, 1.54) is 0 Å². The summed E-state index contributed by atoms with van der Waals surface area (Å²) in [5.41, 5.74) is 7.36. The second-order valence-electron chi connectivity index (χ2n) is 2.48. The number of hydrogen-bond acceptors (Lipinski definition) is 3. The van der Waals surface area contributed by atoms with Gasteiger partial charge in [-0.15, -0.1) is 0 Å². The minimum absolute atomic E-state index is 0.666. The molecule has 0 atom stereocenters. The van der Waals surface area contributed by atoms with Gasteiger partial charge in [-0.25, -0.2) is 0 Å². The highest BCUT2D eigenvalue weighted by atomic mass is 79.9. The Balaban J connectivity index is 2.55. The molecule has 0 saturated carbocycles. The number of rotatable bonds is 1. The minimum atomic E-state index is 0.666. The molecule has 0 bridgehead atoms. The topological polar surface area (TPSA) is 51.5 Å². The van der Waals surface area contributed by atoms with Crippen LogP contribution in [0.4, 0.5) is 5.69 Å². The van der Waals surface area contributed by atoms with Crippen molar-refractivity contribution in [3.63, 3.8) is 0 Å². The number of halogens is 1. The number of furan rings is 1. The molecule has 0 radical (unpaired) electrons. The van der Waals surface area contributed by atoms with E-state index in [-0.39, 0.29) is 0 Å². The molecule has 3 nitrogen and oxygen atoms in total. The molecule has 1 aliphatic heterocycles. The van der Waals surface area contributed by atoms with E-state index < -0.39 is 0 Å². The summed E-state index contributed by atoms with van der Waals surface area (Å²) in [6.45, 7) is 2.64. The number of nitrogens with zero attached hydrogens (tertiary/aromatic N) is 1. The average Bonchev–Trinajstić information content (AvgIpc) is 2.76. The highest BCUT2D eigenvalue weighted by molar-refractivity contribution is 9.10. The molecule has 0 saturated heterocycles. The standard InChI is InChI=1S/C7H7BrN2O/c1-3-5(8)6(9)7(11-3)4-2-10-4/h2,9H2,1H3. The van der Waals surface area contributed by atoms with Gasteiger partial charge >= 0.3 is 0 Å². The van der Waals surface area contributed by atoms with Crippen molar-refractivity contribution in [1.82, 2.24) is 0 Å². The third-order valence-electron chi connectivity index (χ3n) is 1.62. The van der Waals surface area contributed by atoms with Gasteiger partial charge in [0.2, 0.25) is 0 Å². The van der Waals surface area contributed by atoms with E-state index in [1.807, 2.05) is 6.92 Å². The molecule has 58 valence electrons. The number of hydrogen-bond donors (Lipinski definition) is 1. The van der Waals surface area contributed by atoms with Gasteiger partial charge in [-0.05, 0) is 22.9 Å². The molecule has 0 fully saturated rings. The Morgan fingerprint density at radius 1 is 1.64 bits per heavy atom. The summed E-state index contributed by atoms with van der Waals surface area (Å²) in [4.78, 5) is 4.01. The summed E-state index contributed by atoms with van der Waals surface area (Å²) < 4.78 is 6.22. The lowest BCUT2D eigenvalue weighted by Crippen LogP contribution is -1.91. The predicted octanol–water partition coefficient (Wildman–Crippen LogP) is 1.74. The van der Waals surface area contributed by atoms with Crippen molar-refractivity contribution in [2.24, 2.45) is 4.99 Å².